The van der Waals surface area contributed by atoms with E-state index in [1.54, 1.807) is 12.1 Å². The molecule has 0 unspecified atom stereocenters. The average molecular weight is 259 g/mol. The monoisotopic (exact) mass is 259 g/mol. The minimum absolute atomic E-state index is 0.446. The average Bonchev–Trinajstić information content (AvgIpc) is 2.91. The van der Waals surface area contributed by atoms with Crippen molar-refractivity contribution >= 4 is 22.5 Å². The number of nitrogens with two attached hydrogens (primary N) is 1. The quantitative estimate of drug-likeness (QED) is 0.626. The highest BCUT2D eigenvalue weighted by atomic mass is 16.4. The minimum atomic E-state index is -0.492. The van der Waals surface area contributed by atoms with Gasteiger partial charge in [0, 0.05) is 6.07 Å². The highest BCUT2D eigenvalue weighted by Crippen LogP contribution is 2.25. The molecule has 98 valence electrons. The van der Waals surface area contributed by atoms with E-state index in [4.69, 9.17) is 14.6 Å². The Morgan fingerprint density at radius 1 is 1.32 bits per heavy atom. The Hall–Kier alpha value is -2.63. The summed E-state index contributed by atoms with van der Waals surface area (Å²) in [6.07, 6.45) is 0. The Morgan fingerprint density at radius 3 is 2.89 bits per heavy atom. The maximum absolute atomic E-state index is 11.1. The van der Waals surface area contributed by atoms with Crippen LogP contribution in [0.1, 0.15) is 11.5 Å². The number of rotatable bonds is 3. The van der Waals surface area contributed by atoms with Gasteiger partial charge in [0.2, 0.25) is 0 Å². The number of nitrogen functional groups attached to an aromatic ring is 1. The summed E-state index contributed by atoms with van der Waals surface area (Å²) in [7, 11) is 0. The van der Waals surface area contributed by atoms with Gasteiger partial charge in [0.15, 0.2) is 5.58 Å². The summed E-state index contributed by atoms with van der Waals surface area (Å²) in [5.74, 6) is 1.19. The number of nitrogens with one attached hydrogen (secondary N) is 2. The second kappa shape index (κ2) is 4.24. The number of benzene rings is 1. The number of furan rings is 1. The van der Waals surface area contributed by atoms with Crippen LogP contribution in [-0.4, -0.2) is 4.98 Å². The van der Waals surface area contributed by atoms with Crippen molar-refractivity contribution in [2.75, 3.05) is 11.1 Å². The lowest BCUT2D eigenvalue weighted by atomic mass is 10.2. The van der Waals surface area contributed by atoms with Crippen LogP contribution in [0.15, 0.2) is 37.9 Å². The highest BCUT2D eigenvalue weighted by Gasteiger charge is 2.07. The maximum atomic E-state index is 11.1. The first-order valence-electron chi connectivity index (χ1n) is 5.83. The number of H-pyrrole nitrogens is 1. The third kappa shape index (κ3) is 2.20. The van der Waals surface area contributed by atoms with E-state index in [-0.39, 0.29) is 0 Å². The van der Waals surface area contributed by atoms with Gasteiger partial charge in [-0.05, 0) is 25.1 Å². The number of anilines is 2. The van der Waals surface area contributed by atoms with E-state index >= 15 is 0 Å². The normalized spacial score (nSPS) is 11.0. The molecular formula is C13H13N3O3. The third-order valence-corrected chi connectivity index (χ3v) is 2.84. The van der Waals surface area contributed by atoms with Crippen LogP contribution in [-0.2, 0) is 6.54 Å². The van der Waals surface area contributed by atoms with Crippen molar-refractivity contribution in [3.05, 3.63) is 46.3 Å². The molecule has 0 aliphatic rings. The predicted octanol–water partition coefficient (Wildman–Crippen LogP) is 2.22. The van der Waals surface area contributed by atoms with Crippen LogP contribution in [0.5, 0.6) is 0 Å². The van der Waals surface area contributed by atoms with Crippen LogP contribution in [0.2, 0.25) is 0 Å². The fourth-order valence-corrected chi connectivity index (χ4v) is 1.93. The molecule has 0 bridgehead atoms. The Balaban J connectivity index is 1.87. The molecule has 0 spiro atoms. The van der Waals surface area contributed by atoms with Crippen LogP contribution in [0.3, 0.4) is 0 Å². The number of hydrogen-bond acceptors (Lipinski definition) is 5. The number of aromatic nitrogens is 1. The summed E-state index contributed by atoms with van der Waals surface area (Å²) in [4.78, 5) is 13.7. The topological polar surface area (TPSA) is 97.2 Å². The Bertz CT molecular complexity index is 782. The number of fused-ring (bicyclic) bond motifs is 1. The molecule has 2 heterocycles. The van der Waals surface area contributed by atoms with Crippen molar-refractivity contribution < 1.29 is 8.83 Å². The molecular weight excluding hydrogens is 246 g/mol. The first-order chi connectivity index (χ1) is 9.11. The lowest BCUT2D eigenvalue weighted by Gasteiger charge is -2.07. The van der Waals surface area contributed by atoms with E-state index in [0.717, 1.165) is 17.2 Å². The van der Waals surface area contributed by atoms with Gasteiger partial charge in [-0.25, -0.2) is 4.79 Å². The van der Waals surface area contributed by atoms with E-state index in [9.17, 15) is 4.79 Å². The van der Waals surface area contributed by atoms with Gasteiger partial charge in [0.05, 0.1) is 23.4 Å². The fraction of sp³-hybridized carbons (Fsp3) is 0.154. The summed E-state index contributed by atoms with van der Waals surface area (Å²) in [5.41, 5.74) is 8.18. The molecule has 0 fully saturated rings. The summed E-state index contributed by atoms with van der Waals surface area (Å²) in [5, 5.41) is 3.16. The van der Waals surface area contributed by atoms with Gasteiger partial charge >= 0.3 is 5.76 Å². The van der Waals surface area contributed by atoms with Gasteiger partial charge in [-0.2, -0.15) is 0 Å². The van der Waals surface area contributed by atoms with Crippen LogP contribution < -0.4 is 16.8 Å². The van der Waals surface area contributed by atoms with Gasteiger partial charge in [0.25, 0.3) is 0 Å². The lowest BCUT2D eigenvalue weighted by Crippen LogP contribution is -2.01. The SMILES string of the molecule is Cc1ccc(CNc2cc3[nH]c(=O)oc3cc2N)o1. The van der Waals surface area contributed by atoms with Gasteiger partial charge in [0.1, 0.15) is 11.5 Å². The van der Waals surface area contributed by atoms with Crippen molar-refractivity contribution in [1.82, 2.24) is 4.98 Å². The molecule has 0 aliphatic heterocycles. The zero-order valence-corrected chi connectivity index (χ0v) is 10.3. The Kier molecular flexibility index (Phi) is 2.56. The molecule has 0 amide bonds. The lowest BCUT2D eigenvalue weighted by molar-refractivity contribution is 0.490. The summed E-state index contributed by atoms with van der Waals surface area (Å²) >= 11 is 0. The highest BCUT2D eigenvalue weighted by molar-refractivity contribution is 5.85. The van der Waals surface area contributed by atoms with E-state index in [1.165, 1.54) is 0 Å². The minimum Gasteiger partial charge on any atom is -0.465 e. The smallest absolute Gasteiger partial charge is 0.417 e. The first-order valence-corrected chi connectivity index (χ1v) is 5.83. The Labute approximate surface area is 108 Å². The molecule has 1 aromatic carbocycles. The second-order valence-electron chi connectivity index (χ2n) is 4.32. The van der Waals surface area contributed by atoms with E-state index < -0.39 is 5.76 Å². The largest absolute Gasteiger partial charge is 0.465 e. The van der Waals surface area contributed by atoms with Crippen molar-refractivity contribution in [3.8, 4) is 0 Å². The third-order valence-electron chi connectivity index (χ3n) is 2.84. The van der Waals surface area contributed by atoms with E-state index in [2.05, 4.69) is 10.3 Å². The zero-order chi connectivity index (χ0) is 13.4. The van der Waals surface area contributed by atoms with Gasteiger partial charge in [-0.3, -0.25) is 4.98 Å². The summed E-state index contributed by atoms with van der Waals surface area (Å²) in [6, 6.07) is 7.15. The van der Waals surface area contributed by atoms with Crippen LogP contribution in [0.25, 0.3) is 11.1 Å². The van der Waals surface area contributed by atoms with Crippen molar-refractivity contribution in [3.63, 3.8) is 0 Å². The van der Waals surface area contributed by atoms with Crippen molar-refractivity contribution in [2.45, 2.75) is 13.5 Å². The van der Waals surface area contributed by atoms with E-state index in [0.29, 0.717) is 23.3 Å². The fourth-order valence-electron chi connectivity index (χ4n) is 1.93. The number of aryl methyl sites for hydroxylation is 1. The zero-order valence-electron chi connectivity index (χ0n) is 10.3. The van der Waals surface area contributed by atoms with Gasteiger partial charge in [-0.15, -0.1) is 0 Å². The molecule has 6 nitrogen and oxygen atoms in total. The predicted molar refractivity (Wildman–Crippen MR) is 72.0 cm³/mol. The summed E-state index contributed by atoms with van der Waals surface area (Å²) < 4.78 is 10.4. The van der Waals surface area contributed by atoms with Gasteiger partial charge < -0.3 is 19.9 Å². The molecule has 6 heteroatoms. The molecule has 2 aromatic heterocycles. The molecule has 0 saturated carbocycles. The number of hydrogen-bond donors (Lipinski definition) is 3. The molecule has 3 rings (SSSR count). The standard InChI is InChI=1S/C13H13N3O3/c1-7-2-3-8(18-7)6-15-10-5-11-12(4-9(10)14)19-13(17)16-11/h2-5,15H,6,14H2,1H3,(H,16,17). The van der Waals surface area contributed by atoms with E-state index in [1.807, 2.05) is 19.1 Å². The number of oxazole rings is 1. The molecule has 0 atom stereocenters. The molecule has 0 radical (unpaired) electrons. The molecule has 0 aliphatic carbocycles. The Morgan fingerprint density at radius 2 is 2.16 bits per heavy atom. The van der Waals surface area contributed by atoms with Crippen LogP contribution in [0, 0.1) is 6.92 Å². The second-order valence-corrected chi connectivity index (χ2v) is 4.32. The van der Waals surface area contributed by atoms with Crippen molar-refractivity contribution in [1.29, 1.82) is 0 Å². The van der Waals surface area contributed by atoms with Crippen LogP contribution >= 0.6 is 0 Å². The van der Waals surface area contributed by atoms with Crippen LogP contribution in [0.4, 0.5) is 11.4 Å². The van der Waals surface area contributed by atoms with Gasteiger partial charge in [-0.1, -0.05) is 0 Å². The molecule has 19 heavy (non-hydrogen) atoms. The molecule has 0 saturated heterocycles. The maximum Gasteiger partial charge on any atom is 0.417 e. The number of aromatic amines is 1. The molecule has 3 aromatic rings. The molecule has 4 N–H and O–H groups in total. The summed E-state index contributed by atoms with van der Waals surface area (Å²) in [6.45, 7) is 2.41. The van der Waals surface area contributed by atoms with Crippen molar-refractivity contribution in [2.24, 2.45) is 0 Å². The first kappa shape index (κ1) is 11.5.